The van der Waals surface area contributed by atoms with Crippen molar-refractivity contribution in [1.82, 2.24) is 0 Å². The van der Waals surface area contributed by atoms with E-state index in [1.54, 1.807) is 24.3 Å². The molecule has 0 spiro atoms. The van der Waals surface area contributed by atoms with Gasteiger partial charge in [0.1, 0.15) is 6.10 Å². The Morgan fingerprint density at radius 2 is 1.88 bits per heavy atom. The largest absolute Gasteiger partial charge is 0.872 e. The number of nitrogens with one attached hydrogen (secondary N) is 1. The molecule has 1 aliphatic rings. The van der Waals surface area contributed by atoms with Gasteiger partial charge in [-0.1, -0.05) is 42.1 Å². The van der Waals surface area contributed by atoms with Gasteiger partial charge < -0.3 is 20.3 Å². The number of esters is 1. The van der Waals surface area contributed by atoms with Crippen LogP contribution in [-0.2, 0) is 14.3 Å². The Hall–Kier alpha value is -3.35. The highest BCUT2D eigenvalue weighted by Gasteiger charge is 2.40. The fourth-order valence-electron chi connectivity index (χ4n) is 2.74. The monoisotopic (exact) mass is 340 g/mol. The number of carboxylic acids is 1. The third kappa shape index (κ3) is 3.45. The minimum absolute atomic E-state index is 0.0726. The summed E-state index contributed by atoms with van der Waals surface area (Å²) >= 11 is 0. The van der Waals surface area contributed by atoms with Crippen LogP contribution in [0.4, 0.5) is 5.69 Å². The lowest BCUT2D eigenvalue weighted by atomic mass is 9.94. The van der Waals surface area contributed by atoms with E-state index in [9.17, 15) is 19.5 Å². The van der Waals surface area contributed by atoms with Crippen molar-refractivity contribution in [3.05, 3.63) is 59.7 Å². The van der Waals surface area contributed by atoms with E-state index in [0.29, 0.717) is 5.56 Å². The Morgan fingerprint density at radius 1 is 1.16 bits per heavy atom. The minimum atomic E-state index is -1.37. The summed E-state index contributed by atoms with van der Waals surface area (Å²) in [6.07, 6.45) is -0.775. The van der Waals surface area contributed by atoms with Gasteiger partial charge in [0.25, 0.3) is 0 Å². The summed E-state index contributed by atoms with van der Waals surface area (Å²) in [6.45, 7) is 0. The molecule has 25 heavy (non-hydrogen) atoms. The maximum atomic E-state index is 12.5. The average molecular weight is 340 g/mol. The Morgan fingerprint density at radius 3 is 2.56 bits per heavy atom. The van der Waals surface area contributed by atoms with E-state index in [0.717, 1.165) is 12.1 Å². The quantitative estimate of drug-likeness (QED) is 0.819. The van der Waals surface area contributed by atoms with E-state index in [1.807, 2.05) is 6.07 Å². The Balaban J connectivity index is 1.81. The molecule has 1 heterocycles. The molecule has 2 aromatic rings. The standard InChI is InChI=1S/C18H15NO6/c20-14-7-6-11(8-12(14)18(23)24)19-17(22)13-9-15(21)25-16(13)10-4-2-1-3-5-10/h1-8,13,16,20H,9H2,(H,19,22)(H,23,24)/p-1/t13-,16+/m0/s1. The second-order valence-electron chi connectivity index (χ2n) is 5.64. The van der Waals surface area contributed by atoms with Crippen LogP contribution in [0.15, 0.2) is 48.5 Å². The first kappa shape index (κ1) is 16.5. The van der Waals surface area contributed by atoms with Crippen LogP contribution in [0.25, 0.3) is 0 Å². The van der Waals surface area contributed by atoms with Gasteiger partial charge in [0, 0.05) is 5.69 Å². The molecule has 0 saturated carbocycles. The van der Waals surface area contributed by atoms with Gasteiger partial charge in [-0.15, -0.1) is 0 Å². The zero-order valence-corrected chi connectivity index (χ0v) is 13.0. The molecule has 1 fully saturated rings. The maximum absolute atomic E-state index is 12.5. The van der Waals surface area contributed by atoms with Crippen molar-refractivity contribution in [1.29, 1.82) is 0 Å². The maximum Gasteiger partial charge on any atom is 0.335 e. The molecular formula is C18H14NO6-. The highest BCUT2D eigenvalue weighted by Crippen LogP contribution is 2.36. The number of cyclic esters (lactones) is 1. The molecule has 0 radical (unpaired) electrons. The number of rotatable bonds is 4. The normalized spacial score (nSPS) is 19.3. The van der Waals surface area contributed by atoms with Gasteiger partial charge in [-0.25, -0.2) is 4.79 Å². The van der Waals surface area contributed by atoms with Crippen molar-refractivity contribution < 1.29 is 29.3 Å². The predicted molar refractivity (Wildman–Crippen MR) is 84.9 cm³/mol. The number of aromatic carboxylic acids is 1. The zero-order valence-electron chi connectivity index (χ0n) is 13.0. The Labute approximate surface area is 142 Å². The fourth-order valence-corrected chi connectivity index (χ4v) is 2.74. The summed E-state index contributed by atoms with van der Waals surface area (Å²) in [4.78, 5) is 35.2. The van der Waals surface area contributed by atoms with Crippen LogP contribution in [0.1, 0.15) is 28.4 Å². The van der Waals surface area contributed by atoms with Crippen molar-refractivity contribution in [3.8, 4) is 5.75 Å². The van der Waals surface area contributed by atoms with Crippen LogP contribution in [0, 0.1) is 5.92 Å². The smallest absolute Gasteiger partial charge is 0.335 e. The topological polar surface area (TPSA) is 116 Å². The van der Waals surface area contributed by atoms with E-state index in [-0.39, 0.29) is 12.1 Å². The van der Waals surface area contributed by atoms with Crippen LogP contribution < -0.4 is 10.4 Å². The summed E-state index contributed by atoms with van der Waals surface area (Å²) < 4.78 is 5.26. The summed E-state index contributed by atoms with van der Waals surface area (Å²) in [5.74, 6) is -3.71. The highest BCUT2D eigenvalue weighted by atomic mass is 16.6. The van der Waals surface area contributed by atoms with Gasteiger partial charge >= 0.3 is 11.9 Å². The lowest BCUT2D eigenvalue weighted by Crippen LogP contribution is -2.25. The number of hydrogen-bond donors (Lipinski definition) is 2. The summed E-state index contributed by atoms with van der Waals surface area (Å²) in [7, 11) is 0. The highest BCUT2D eigenvalue weighted by molar-refractivity contribution is 5.98. The van der Waals surface area contributed by atoms with Crippen LogP contribution in [-0.4, -0.2) is 23.0 Å². The summed E-state index contributed by atoms with van der Waals surface area (Å²) in [5.41, 5.74) is 0.443. The van der Waals surface area contributed by atoms with Crippen LogP contribution >= 0.6 is 0 Å². The molecule has 2 aromatic carbocycles. The van der Waals surface area contributed by atoms with E-state index in [2.05, 4.69) is 5.32 Å². The first-order chi connectivity index (χ1) is 12.0. The van der Waals surface area contributed by atoms with Crippen molar-refractivity contribution in [2.75, 3.05) is 5.32 Å². The molecule has 7 nitrogen and oxygen atoms in total. The molecule has 1 saturated heterocycles. The lowest BCUT2D eigenvalue weighted by Gasteiger charge is -2.18. The molecule has 0 bridgehead atoms. The number of carbonyl (C=O) groups is 3. The second kappa shape index (κ2) is 6.64. The van der Waals surface area contributed by atoms with Gasteiger partial charge in [-0.3, -0.25) is 9.59 Å². The lowest BCUT2D eigenvalue weighted by molar-refractivity contribution is -0.268. The summed E-state index contributed by atoms with van der Waals surface area (Å²) in [5, 5.41) is 23.0. The number of anilines is 1. The number of ether oxygens (including phenoxy) is 1. The van der Waals surface area contributed by atoms with Gasteiger partial charge in [-0.05, 0) is 17.7 Å². The van der Waals surface area contributed by atoms with Crippen LogP contribution in [0.2, 0.25) is 0 Å². The molecule has 2 atom stereocenters. The number of hydrogen-bond acceptors (Lipinski definition) is 5. The molecule has 1 amide bonds. The van der Waals surface area contributed by atoms with Gasteiger partial charge in [0.05, 0.1) is 17.9 Å². The van der Waals surface area contributed by atoms with Crippen LogP contribution in [0.3, 0.4) is 0 Å². The molecule has 0 unspecified atom stereocenters. The number of benzene rings is 2. The minimum Gasteiger partial charge on any atom is -0.872 e. The molecule has 0 aromatic heterocycles. The molecule has 7 heteroatoms. The molecule has 2 N–H and O–H groups in total. The fraction of sp³-hybridized carbons (Fsp3) is 0.167. The first-order valence-corrected chi connectivity index (χ1v) is 7.55. The summed E-state index contributed by atoms with van der Waals surface area (Å²) in [6, 6.07) is 12.4. The third-order valence-corrected chi connectivity index (χ3v) is 3.95. The third-order valence-electron chi connectivity index (χ3n) is 3.95. The van der Waals surface area contributed by atoms with E-state index in [1.165, 1.54) is 6.07 Å². The van der Waals surface area contributed by atoms with Crippen molar-refractivity contribution >= 4 is 23.5 Å². The Bertz CT molecular complexity index is 833. The SMILES string of the molecule is O=C1C[C@H](C(=O)Nc2ccc([O-])c(C(=O)O)c2)[C@@H](c2ccccc2)O1. The van der Waals surface area contributed by atoms with Crippen molar-refractivity contribution in [2.45, 2.75) is 12.5 Å². The van der Waals surface area contributed by atoms with Gasteiger partial charge in [-0.2, -0.15) is 0 Å². The molecule has 1 aliphatic heterocycles. The zero-order chi connectivity index (χ0) is 18.0. The van der Waals surface area contributed by atoms with Crippen molar-refractivity contribution in [3.63, 3.8) is 0 Å². The van der Waals surface area contributed by atoms with Gasteiger partial charge in [0.15, 0.2) is 0 Å². The molecule has 128 valence electrons. The predicted octanol–water partition coefficient (Wildman–Crippen LogP) is 1.70. The van der Waals surface area contributed by atoms with Crippen molar-refractivity contribution in [2.24, 2.45) is 5.92 Å². The molecular weight excluding hydrogens is 326 g/mol. The molecule has 0 aliphatic carbocycles. The number of carboxylic acid groups (broad SMARTS) is 1. The number of amides is 1. The Kier molecular flexibility index (Phi) is 4.38. The average Bonchev–Trinajstić information content (AvgIpc) is 2.99. The van der Waals surface area contributed by atoms with Crippen LogP contribution in [0.5, 0.6) is 5.75 Å². The van der Waals surface area contributed by atoms with Gasteiger partial charge in [0.2, 0.25) is 5.91 Å². The van der Waals surface area contributed by atoms with E-state index in [4.69, 9.17) is 9.84 Å². The second-order valence-corrected chi connectivity index (χ2v) is 5.64. The van der Waals surface area contributed by atoms with E-state index >= 15 is 0 Å². The first-order valence-electron chi connectivity index (χ1n) is 7.55. The van der Waals surface area contributed by atoms with E-state index < -0.39 is 41.2 Å². The number of carbonyl (C=O) groups excluding carboxylic acids is 2. The molecule has 3 rings (SSSR count).